The molecule has 0 aliphatic rings. The van der Waals surface area contributed by atoms with E-state index in [1.807, 2.05) is 71.6 Å². The summed E-state index contributed by atoms with van der Waals surface area (Å²) >= 11 is 0. The molecule has 3 rings (SSSR count). The standard InChI is InChI=1S/C18H15NO2/c1-21-18(20)16-10-3-2-8-14(16)15-9-4-5-11-17(15)19-12-6-7-13-19/h2-13H,1H3. The monoisotopic (exact) mass is 277 g/mol. The van der Waals surface area contributed by atoms with Gasteiger partial charge < -0.3 is 9.30 Å². The van der Waals surface area contributed by atoms with Crippen LogP contribution in [0, 0.1) is 0 Å². The molecular weight excluding hydrogens is 262 g/mol. The number of hydrogen-bond donors (Lipinski definition) is 0. The van der Waals surface area contributed by atoms with Gasteiger partial charge in [-0.05, 0) is 29.8 Å². The second-order valence-electron chi connectivity index (χ2n) is 4.64. The summed E-state index contributed by atoms with van der Waals surface area (Å²) in [6.45, 7) is 0. The summed E-state index contributed by atoms with van der Waals surface area (Å²) in [6.07, 6.45) is 3.97. The van der Waals surface area contributed by atoms with Crippen molar-refractivity contribution >= 4 is 5.97 Å². The van der Waals surface area contributed by atoms with Gasteiger partial charge in [0, 0.05) is 18.0 Å². The van der Waals surface area contributed by atoms with Crippen LogP contribution in [0.4, 0.5) is 0 Å². The molecule has 3 nitrogen and oxygen atoms in total. The molecule has 0 fully saturated rings. The molecule has 0 bridgehead atoms. The Morgan fingerprint density at radius 1 is 0.857 bits per heavy atom. The molecule has 0 saturated heterocycles. The summed E-state index contributed by atoms with van der Waals surface area (Å²) in [5, 5.41) is 0. The van der Waals surface area contributed by atoms with Gasteiger partial charge in [0.15, 0.2) is 0 Å². The summed E-state index contributed by atoms with van der Waals surface area (Å²) in [5.74, 6) is -0.326. The molecule has 0 spiro atoms. The third kappa shape index (κ3) is 2.46. The third-order valence-electron chi connectivity index (χ3n) is 3.41. The van der Waals surface area contributed by atoms with E-state index < -0.39 is 0 Å². The molecule has 2 aromatic carbocycles. The topological polar surface area (TPSA) is 31.2 Å². The van der Waals surface area contributed by atoms with E-state index in [0.717, 1.165) is 16.8 Å². The number of methoxy groups -OCH3 is 1. The van der Waals surface area contributed by atoms with Gasteiger partial charge >= 0.3 is 5.97 Å². The minimum absolute atomic E-state index is 0.326. The van der Waals surface area contributed by atoms with Crippen LogP contribution in [0.5, 0.6) is 0 Å². The zero-order chi connectivity index (χ0) is 14.7. The molecule has 0 radical (unpaired) electrons. The number of carbonyl (C=O) groups is 1. The molecule has 104 valence electrons. The predicted molar refractivity (Wildman–Crippen MR) is 82.5 cm³/mol. The zero-order valence-electron chi connectivity index (χ0n) is 11.7. The van der Waals surface area contributed by atoms with Gasteiger partial charge in [-0.3, -0.25) is 0 Å². The van der Waals surface area contributed by atoms with E-state index in [0.29, 0.717) is 5.56 Å². The quantitative estimate of drug-likeness (QED) is 0.679. The van der Waals surface area contributed by atoms with E-state index in [-0.39, 0.29) is 5.97 Å². The molecule has 3 aromatic rings. The third-order valence-corrected chi connectivity index (χ3v) is 3.41. The highest BCUT2D eigenvalue weighted by molar-refractivity contribution is 5.98. The fourth-order valence-electron chi connectivity index (χ4n) is 2.43. The number of rotatable bonds is 3. The minimum atomic E-state index is -0.326. The molecule has 1 aromatic heterocycles. The van der Waals surface area contributed by atoms with Gasteiger partial charge in [0.1, 0.15) is 0 Å². The second kappa shape index (κ2) is 5.67. The van der Waals surface area contributed by atoms with E-state index in [2.05, 4.69) is 0 Å². The second-order valence-corrected chi connectivity index (χ2v) is 4.64. The number of carbonyl (C=O) groups excluding carboxylic acids is 1. The Bertz CT molecular complexity index is 760. The number of benzene rings is 2. The molecule has 0 saturated carbocycles. The van der Waals surface area contributed by atoms with Crippen LogP contribution in [0.1, 0.15) is 10.4 Å². The number of aromatic nitrogens is 1. The van der Waals surface area contributed by atoms with Gasteiger partial charge in [0.2, 0.25) is 0 Å². The van der Waals surface area contributed by atoms with Crippen LogP contribution in [0.3, 0.4) is 0 Å². The van der Waals surface area contributed by atoms with Crippen molar-refractivity contribution in [3.63, 3.8) is 0 Å². The van der Waals surface area contributed by atoms with Gasteiger partial charge in [-0.15, -0.1) is 0 Å². The van der Waals surface area contributed by atoms with Crippen LogP contribution < -0.4 is 0 Å². The molecule has 0 atom stereocenters. The van der Waals surface area contributed by atoms with Crippen molar-refractivity contribution in [2.45, 2.75) is 0 Å². The highest BCUT2D eigenvalue weighted by Gasteiger charge is 2.15. The first-order valence-corrected chi connectivity index (χ1v) is 6.71. The molecule has 21 heavy (non-hydrogen) atoms. The highest BCUT2D eigenvalue weighted by atomic mass is 16.5. The van der Waals surface area contributed by atoms with Crippen molar-refractivity contribution < 1.29 is 9.53 Å². The fraction of sp³-hybridized carbons (Fsp3) is 0.0556. The van der Waals surface area contributed by atoms with Gasteiger partial charge in [-0.1, -0.05) is 36.4 Å². The minimum Gasteiger partial charge on any atom is -0.465 e. The first-order chi connectivity index (χ1) is 10.3. The van der Waals surface area contributed by atoms with Crippen molar-refractivity contribution in [1.29, 1.82) is 0 Å². The molecule has 3 heteroatoms. The van der Waals surface area contributed by atoms with Gasteiger partial charge in [0.05, 0.1) is 18.4 Å². The highest BCUT2D eigenvalue weighted by Crippen LogP contribution is 2.30. The molecule has 0 aliphatic carbocycles. The van der Waals surface area contributed by atoms with Crippen molar-refractivity contribution in [3.8, 4) is 16.8 Å². The molecule has 0 amide bonds. The van der Waals surface area contributed by atoms with E-state index in [1.54, 1.807) is 6.07 Å². The van der Waals surface area contributed by atoms with E-state index in [4.69, 9.17) is 4.74 Å². The Hall–Kier alpha value is -2.81. The number of hydrogen-bond acceptors (Lipinski definition) is 2. The summed E-state index contributed by atoms with van der Waals surface area (Å²) < 4.78 is 6.91. The number of nitrogens with zero attached hydrogens (tertiary/aromatic N) is 1. The lowest BCUT2D eigenvalue weighted by atomic mass is 9.98. The predicted octanol–water partition coefficient (Wildman–Crippen LogP) is 3.93. The average Bonchev–Trinajstić information content (AvgIpc) is 3.08. The lowest BCUT2D eigenvalue weighted by molar-refractivity contribution is 0.0601. The van der Waals surface area contributed by atoms with Crippen molar-refractivity contribution in [3.05, 3.63) is 78.6 Å². The first kappa shape index (κ1) is 13.2. The van der Waals surface area contributed by atoms with Gasteiger partial charge in [0.25, 0.3) is 0 Å². The average molecular weight is 277 g/mol. The Balaban J connectivity index is 2.21. The van der Waals surface area contributed by atoms with Gasteiger partial charge in [-0.2, -0.15) is 0 Å². The summed E-state index contributed by atoms with van der Waals surface area (Å²) in [5.41, 5.74) is 3.46. The van der Waals surface area contributed by atoms with Crippen molar-refractivity contribution in [2.75, 3.05) is 7.11 Å². The van der Waals surface area contributed by atoms with Crippen LogP contribution in [0.2, 0.25) is 0 Å². The molecule has 0 aliphatic heterocycles. The number of esters is 1. The van der Waals surface area contributed by atoms with Crippen LogP contribution in [-0.2, 0) is 4.74 Å². The van der Waals surface area contributed by atoms with Crippen LogP contribution in [0.15, 0.2) is 73.1 Å². The maximum absolute atomic E-state index is 12.0. The van der Waals surface area contributed by atoms with Gasteiger partial charge in [-0.25, -0.2) is 4.79 Å². The van der Waals surface area contributed by atoms with E-state index in [1.165, 1.54) is 7.11 Å². The van der Waals surface area contributed by atoms with Crippen LogP contribution in [0.25, 0.3) is 16.8 Å². The maximum atomic E-state index is 12.0. The van der Waals surface area contributed by atoms with Crippen LogP contribution >= 0.6 is 0 Å². The summed E-state index contributed by atoms with van der Waals surface area (Å²) in [7, 11) is 1.40. The maximum Gasteiger partial charge on any atom is 0.338 e. The first-order valence-electron chi connectivity index (χ1n) is 6.71. The van der Waals surface area contributed by atoms with Crippen LogP contribution in [-0.4, -0.2) is 17.6 Å². The lowest BCUT2D eigenvalue weighted by Gasteiger charge is -2.13. The number of para-hydroxylation sites is 1. The molecular formula is C18H15NO2. The van der Waals surface area contributed by atoms with E-state index in [9.17, 15) is 4.79 Å². The number of ether oxygens (including phenoxy) is 1. The molecule has 1 heterocycles. The Kier molecular flexibility index (Phi) is 3.56. The van der Waals surface area contributed by atoms with E-state index >= 15 is 0 Å². The Labute approximate surface area is 123 Å². The lowest BCUT2D eigenvalue weighted by Crippen LogP contribution is -2.04. The molecule has 0 unspecified atom stereocenters. The smallest absolute Gasteiger partial charge is 0.338 e. The van der Waals surface area contributed by atoms with Crippen molar-refractivity contribution in [1.82, 2.24) is 4.57 Å². The molecule has 0 N–H and O–H groups in total. The Morgan fingerprint density at radius 3 is 2.19 bits per heavy atom. The normalized spacial score (nSPS) is 10.3. The fourth-order valence-corrected chi connectivity index (χ4v) is 2.43. The SMILES string of the molecule is COC(=O)c1ccccc1-c1ccccc1-n1cccc1. The summed E-state index contributed by atoms with van der Waals surface area (Å²) in [4.78, 5) is 12.0. The largest absolute Gasteiger partial charge is 0.465 e. The Morgan fingerprint density at radius 2 is 1.48 bits per heavy atom. The summed E-state index contributed by atoms with van der Waals surface area (Å²) in [6, 6.07) is 19.4. The van der Waals surface area contributed by atoms with Crippen molar-refractivity contribution in [2.24, 2.45) is 0 Å². The zero-order valence-corrected chi connectivity index (χ0v) is 11.7.